The Hall–Kier alpha value is -2.69. The van der Waals surface area contributed by atoms with Gasteiger partial charge >= 0.3 is 0 Å². The molecular weight excluding hydrogens is 243 g/mol. The van der Waals surface area contributed by atoms with E-state index in [1.807, 2.05) is 30.5 Å². The molecule has 0 saturated carbocycles. The number of hydrogen-bond donors (Lipinski definition) is 1. The van der Waals surface area contributed by atoms with Crippen LogP contribution < -0.4 is 5.73 Å². The highest BCUT2D eigenvalue weighted by Gasteiger charge is 2.06. The number of aromatic nitrogens is 3. The molecule has 94 valence electrons. The van der Waals surface area contributed by atoms with Gasteiger partial charge in [-0.1, -0.05) is 18.2 Å². The number of nitrogens with zero attached hydrogens (tertiary/aromatic N) is 3. The van der Waals surface area contributed by atoms with E-state index in [1.54, 1.807) is 16.9 Å². The monoisotopic (exact) mass is 254 g/mol. The van der Waals surface area contributed by atoms with E-state index >= 15 is 0 Å². The van der Waals surface area contributed by atoms with Crippen molar-refractivity contribution in [2.45, 2.75) is 0 Å². The summed E-state index contributed by atoms with van der Waals surface area (Å²) in [7, 11) is 0. The molecule has 2 N–H and O–H groups in total. The first kappa shape index (κ1) is 11.4. The van der Waals surface area contributed by atoms with E-state index in [-0.39, 0.29) is 5.82 Å². The molecule has 1 aromatic carbocycles. The predicted octanol–water partition coefficient (Wildman–Crippen LogP) is 2.66. The van der Waals surface area contributed by atoms with Gasteiger partial charge in [-0.25, -0.2) is 14.1 Å². The van der Waals surface area contributed by atoms with Crippen LogP contribution in [0.25, 0.3) is 16.9 Å². The molecule has 19 heavy (non-hydrogen) atoms. The zero-order chi connectivity index (χ0) is 13.2. The van der Waals surface area contributed by atoms with Gasteiger partial charge in [0.05, 0.1) is 12.4 Å². The van der Waals surface area contributed by atoms with Crippen molar-refractivity contribution in [3.63, 3.8) is 0 Å². The van der Waals surface area contributed by atoms with Crippen molar-refractivity contribution in [1.29, 1.82) is 0 Å². The van der Waals surface area contributed by atoms with Gasteiger partial charge in [0.15, 0.2) is 5.82 Å². The van der Waals surface area contributed by atoms with Crippen LogP contribution in [0.2, 0.25) is 0 Å². The fraction of sp³-hybridized carbons (Fsp3) is 0. The Balaban J connectivity index is 2.00. The highest BCUT2D eigenvalue weighted by molar-refractivity contribution is 5.75. The second-order valence-electron chi connectivity index (χ2n) is 4.10. The van der Waals surface area contributed by atoms with Crippen LogP contribution >= 0.6 is 0 Å². The second-order valence-corrected chi connectivity index (χ2v) is 4.10. The third-order valence-electron chi connectivity index (χ3n) is 2.80. The average molecular weight is 254 g/mol. The molecule has 2 heterocycles. The Labute approximate surface area is 109 Å². The van der Waals surface area contributed by atoms with E-state index in [9.17, 15) is 4.39 Å². The summed E-state index contributed by atoms with van der Waals surface area (Å²) in [4.78, 5) is 3.97. The largest absolute Gasteiger partial charge is 0.398 e. The zero-order valence-corrected chi connectivity index (χ0v) is 9.99. The summed E-state index contributed by atoms with van der Waals surface area (Å²) in [6.45, 7) is 0. The lowest BCUT2D eigenvalue weighted by Gasteiger charge is -2.01. The number of halogens is 1. The molecule has 0 aliphatic heterocycles. The number of nitrogens with two attached hydrogens (primary N) is 1. The molecular formula is C14H11FN4. The van der Waals surface area contributed by atoms with E-state index in [0.717, 1.165) is 17.3 Å². The first-order chi connectivity index (χ1) is 9.24. The lowest BCUT2D eigenvalue weighted by Crippen LogP contribution is -1.97. The molecule has 0 radical (unpaired) electrons. The van der Waals surface area contributed by atoms with Crippen LogP contribution in [0.4, 0.5) is 10.1 Å². The van der Waals surface area contributed by atoms with Gasteiger partial charge in [-0.05, 0) is 18.2 Å². The summed E-state index contributed by atoms with van der Waals surface area (Å²) in [5, 5.41) is 4.21. The van der Waals surface area contributed by atoms with Gasteiger partial charge in [-0.15, -0.1) is 0 Å². The molecule has 0 aliphatic carbocycles. The number of benzene rings is 1. The Bertz CT molecular complexity index is 703. The number of rotatable bonds is 2. The normalized spacial score (nSPS) is 10.6. The average Bonchev–Trinajstić information content (AvgIpc) is 2.89. The molecule has 0 aliphatic rings. The minimum atomic E-state index is -0.372. The van der Waals surface area contributed by atoms with Crippen molar-refractivity contribution >= 4 is 5.69 Å². The summed E-state index contributed by atoms with van der Waals surface area (Å²) >= 11 is 0. The summed E-state index contributed by atoms with van der Waals surface area (Å²) in [5.74, 6) is 0.186. The van der Waals surface area contributed by atoms with Gasteiger partial charge in [0.25, 0.3) is 0 Å². The van der Waals surface area contributed by atoms with Gasteiger partial charge < -0.3 is 5.73 Å². The maximum absolute atomic E-state index is 12.8. The van der Waals surface area contributed by atoms with E-state index in [1.165, 1.54) is 6.07 Å². The number of para-hydroxylation sites is 1. The van der Waals surface area contributed by atoms with E-state index < -0.39 is 0 Å². The lowest BCUT2D eigenvalue weighted by molar-refractivity contribution is 0.619. The third kappa shape index (κ3) is 2.18. The maximum atomic E-state index is 12.8. The minimum Gasteiger partial charge on any atom is -0.398 e. The molecule has 4 nitrogen and oxygen atoms in total. The van der Waals surface area contributed by atoms with Crippen molar-refractivity contribution in [3.8, 4) is 16.9 Å². The molecule has 2 aromatic heterocycles. The highest BCUT2D eigenvalue weighted by Crippen LogP contribution is 2.25. The maximum Gasteiger partial charge on any atom is 0.153 e. The van der Waals surface area contributed by atoms with Crippen LogP contribution in [0.5, 0.6) is 0 Å². The summed E-state index contributed by atoms with van der Waals surface area (Å²) in [5.41, 5.74) is 8.41. The highest BCUT2D eigenvalue weighted by atomic mass is 19.1. The SMILES string of the molecule is Nc1ccccc1-c1cnn(-c2ccc(F)cn2)c1. The molecule has 5 heteroatoms. The second kappa shape index (κ2) is 4.53. The quantitative estimate of drug-likeness (QED) is 0.715. The van der Waals surface area contributed by atoms with Gasteiger partial charge in [-0.2, -0.15) is 5.10 Å². The third-order valence-corrected chi connectivity index (χ3v) is 2.80. The summed E-state index contributed by atoms with van der Waals surface area (Å²) < 4.78 is 14.4. The molecule has 0 fully saturated rings. The molecule has 0 bridgehead atoms. The van der Waals surface area contributed by atoms with E-state index in [4.69, 9.17) is 5.73 Å². The van der Waals surface area contributed by atoms with Crippen LogP contribution in [-0.4, -0.2) is 14.8 Å². The fourth-order valence-corrected chi connectivity index (χ4v) is 1.85. The zero-order valence-electron chi connectivity index (χ0n) is 9.99. The van der Waals surface area contributed by atoms with E-state index in [2.05, 4.69) is 10.1 Å². The Morgan fingerprint density at radius 2 is 1.89 bits per heavy atom. The molecule has 0 atom stereocenters. The van der Waals surface area contributed by atoms with E-state index in [0.29, 0.717) is 11.5 Å². The van der Waals surface area contributed by atoms with Crippen molar-refractivity contribution in [2.75, 3.05) is 5.73 Å². The number of pyridine rings is 1. The van der Waals surface area contributed by atoms with Gasteiger partial charge in [0.1, 0.15) is 5.82 Å². The van der Waals surface area contributed by atoms with Crippen molar-refractivity contribution in [1.82, 2.24) is 14.8 Å². The first-order valence-corrected chi connectivity index (χ1v) is 5.75. The fourth-order valence-electron chi connectivity index (χ4n) is 1.85. The van der Waals surface area contributed by atoms with Crippen LogP contribution in [0.15, 0.2) is 55.0 Å². The smallest absolute Gasteiger partial charge is 0.153 e. The lowest BCUT2D eigenvalue weighted by atomic mass is 10.1. The molecule has 0 spiro atoms. The number of nitrogen functional groups attached to an aromatic ring is 1. The Morgan fingerprint density at radius 1 is 1.05 bits per heavy atom. The topological polar surface area (TPSA) is 56.7 Å². The number of hydrogen-bond acceptors (Lipinski definition) is 3. The van der Waals surface area contributed by atoms with Crippen molar-refractivity contribution < 1.29 is 4.39 Å². The number of anilines is 1. The van der Waals surface area contributed by atoms with Gasteiger partial charge in [-0.3, -0.25) is 0 Å². The van der Waals surface area contributed by atoms with Gasteiger partial charge in [0, 0.05) is 23.0 Å². The van der Waals surface area contributed by atoms with Gasteiger partial charge in [0.2, 0.25) is 0 Å². The standard InChI is InChI=1S/C14H11FN4/c15-11-5-6-14(17-8-11)19-9-10(7-18-19)12-3-1-2-4-13(12)16/h1-9H,16H2. The van der Waals surface area contributed by atoms with Crippen molar-refractivity contribution in [2.24, 2.45) is 0 Å². The molecule has 0 saturated heterocycles. The molecule has 0 amide bonds. The van der Waals surface area contributed by atoms with Crippen LogP contribution in [0, 0.1) is 5.82 Å². The van der Waals surface area contributed by atoms with Crippen molar-refractivity contribution in [3.05, 3.63) is 60.8 Å². The van der Waals surface area contributed by atoms with Crippen LogP contribution in [0.1, 0.15) is 0 Å². The Morgan fingerprint density at radius 3 is 2.63 bits per heavy atom. The summed E-state index contributed by atoms with van der Waals surface area (Å²) in [6, 6.07) is 10.5. The van der Waals surface area contributed by atoms with Crippen LogP contribution in [0.3, 0.4) is 0 Å². The molecule has 3 rings (SSSR count). The molecule has 0 unspecified atom stereocenters. The minimum absolute atomic E-state index is 0.372. The summed E-state index contributed by atoms with van der Waals surface area (Å²) in [6.07, 6.45) is 4.68. The predicted molar refractivity (Wildman–Crippen MR) is 71.2 cm³/mol. The Kier molecular flexibility index (Phi) is 2.72. The van der Waals surface area contributed by atoms with Crippen LogP contribution in [-0.2, 0) is 0 Å². The first-order valence-electron chi connectivity index (χ1n) is 5.75. The molecule has 3 aromatic rings.